The fourth-order valence-corrected chi connectivity index (χ4v) is 3.42. The number of rotatable bonds is 5. The molecule has 8 heteroatoms. The van der Waals surface area contributed by atoms with E-state index in [1.807, 2.05) is 36.4 Å². The van der Waals surface area contributed by atoms with Gasteiger partial charge in [-0.15, -0.1) is 0 Å². The molecule has 3 amide bonds. The summed E-state index contributed by atoms with van der Waals surface area (Å²) in [6.07, 6.45) is 0. The lowest BCUT2D eigenvalue weighted by molar-refractivity contribution is -0.131. The lowest BCUT2D eigenvalue weighted by Gasteiger charge is -2.34. The second kappa shape index (κ2) is 8.83. The molecular weight excluding hydrogens is 372 g/mol. The van der Waals surface area contributed by atoms with Crippen LogP contribution in [0.1, 0.15) is 5.56 Å². The predicted octanol–water partition coefficient (Wildman–Crippen LogP) is 1.88. The summed E-state index contributed by atoms with van der Waals surface area (Å²) in [4.78, 5) is 28.4. The molecule has 8 nitrogen and oxygen atoms in total. The molecule has 2 N–H and O–H groups in total. The van der Waals surface area contributed by atoms with Crippen molar-refractivity contribution in [3.8, 4) is 11.5 Å². The molecule has 1 saturated heterocycles. The van der Waals surface area contributed by atoms with Crippen molar-refractivity contribution < 1.29 is 19.1 Å². The molecular formula is C21H24N4O4. The molecule has 2 aliphatic heterocycles. The van der Waals surface area contributed by atoms with Crippen molar-refractivity contribution in [2.24, 2.45) is 0 Å². The zero-order chi connectivity index (χ0) is 20.1. The summed E-state index contributed by atoms with van der Waals surface area (Å²) in [5, 5.41) is 5.33. The minimum Gasteiger partial charge on any atom is -0.454 e. The quantitative estimate of drug-likeness (QED) is 0.806. The van der Waals surface area contributed by atoms with Crippen molar-refractivity contribution in [2.75, 3.05) is 44.8 Å². The summed E-state index contributed by atoms with van der Waals surface area (Å²) < 4.78 is 10.8. The molecule has 0 saturated carbocycles. The van der Waals surface area contributed by atoms with Gasteiger partial charge in [-0.2, -0.15) is 0 Å². The highest BCUT2D eigenvalue weighted by atomic mass is 16.7. The maximum absolute atomic E-state index is 12.4. The van der Waals surface area contributed by atoms with Gasteiger partial charge in [-0.05, 0) is 29.8 Å². The molecule has 0 atom stereocenters. The summed E-state index contributed by atoms with van der Waals surface area (Å²) in [6, 6.07) is 14.7. The van der Waals surface area contributed by atoms with Crippen molar-refractivity contribution in [3.63, 3.8) is 0 Å². The number of fused-ring (bicyclic) bond motifs is 1. The summed E-state index contributed by atoms with van der Waals surface area (Å²) in [5.41, 5.74) is 1.85. The number of piperazine rings is 1. The summed E-state index contributed by atoms with van der Waals surface area (Å²) in [7, 11) is 0. The molecule has 0 aliphatic carbocycles. The smallest absolute Gasteiger partial charge is 0.319 e. The Hall–Kier alpha value is -3.26. The first-order valence-corrected chi connectivity index (χ1v) is 9.66. The Morgan fingerprint density at radius 3 is 2.48 bits per heavy atom. The lowest BCUT2D eigenvalue weighted by atomic mass is 10.1. The van der Waals surface area contributed by atoms with Crippen LogP contribution in [-0.2, 0) is 11.3 Å². The Balaban J connectivity index is 1.19. The van der Waals surface area contributed by atoms with Gasteiger partial charge in [0, 0.05) is 38.4 Å². The van der Waals surface area contributed by atoms with Crippen LogP contribution in [0.25, 0.3) is 0 Å². The average Bonchev–Trinajstić information content (AvgIpc) is 3.21. The van der Waals surface area contributed by atoms with Gasteiger partial charge in [0.1, 0.15) is 0 Å². The number of carbonyl (C=O) groups is 2. The van der Waals surface area contributed by atoms with Gasteiger partial charge in [0.25, 0.3) is 0 Å². The van der Waals surface area contributed by atoms with E-state index in [0.29, 0.717) is 18.8 Å². The van der Waals surface area contributed by atoms with Crippen LogP contribution in [0, 0.1) is 0 Å². The van der Waals surface area contributed by atoms with E-state index < -0.39 is 0 Å². The van der Waals surface area contributed by atoms with Gasteiger partial charge < -0.3 is 25.0 Å². The molecule has 0 radical (unpaired) electrons. The van der Waals surface area contributed by atoms with E-state index in [1.165, 1.54) is 0 Å². The Bertz CT molecular complexity index is 866. The van der Waals surface area contributed by atoms with Crippen LogP contribution in [0.2, 0.25) is 0 Å². The molecule has 2 heterocycles. The predicted molar refractivity (Wildman–Crippen MR) is 108 cm³/mol. The van der Waals surface area contributed by atoms with Gasteiger partial charge in [-0.3, -0.25) is 9.69 Å². The highest BCUT2D eigenvalue weighted by Crippen LogP contribution is 2.32. The molecule has 1 fully saturated rings. The fourth-order valence-electron chi connectivity index (χ4n) is 3.42. The number of nitrogens with one attached hydrogen (secondary N) is 2. The molecule has 4 rings (SSSR count). The summed E-state index contributed by atoms with van der Waals surface area (Å²) >= 11 is 0. The molecule has 29 heavy (non-hydrogen) atoms. The zero-order valence-electron chi connectivity index (χ0n) is 16.1. The van der Waals surface area contributed by atoms with E-state index in [2.05, 4.69) is 15.5 Å². The second-order valence-electron chi connectivity index (χ2n) is 7.02. The molecule has 2 aliphatic rings. The number of ether oxygens (including phenoxy) is 2. The number of carbonyl (C=O) groups excluding carboxylic acids is 2. The normalized spacial score (nSPS) is 15.8. The molecule has 0 spiro atoms. The number of nitrogens with zero attached hydrogens (tertiary/aromatic N) is 2. The van der Waals surface area contributed by atoms with E-state index in [9.17, 15) is 9.59 Å². The SMILES string of the molecule is O=C(NCC(=O)N1CCN(Cc2ccc3c(c2)OCO3)CC1)Nc1ccccc1. The average molecular weight is 396 g/mol. The van der Waals surface area contributed by atoms with Crippen LogP contribution in [0.3, 0.4) is 0 Å². The first-order chi connectivity index (χ1) is 14.2. The minimum atomic E-state index is -0.383. The summed E-state index contributed by atoms with van der Waals surface area (Å²) in [5.74, 6) is 1.50. The van der Waals surface area contributed by atoms with E-state index in [4.69, 9.17) is 9.47 Å². The van der Waals surface area contributed by atoms with Crippen molar-refractivity contribution in [1.29, 1.82) is 0 Å². The van der Waals surface area contributed by atoms with Crippen LogP contribution in [0.15, 0.2) is 48.5 Å². The van der Waals surface area contributed by atoms with Gasteiger partial charge in [0.15, 0.2) is 11.5 Å². The van der Waals surface area contributed by atoms with E-state index in [0.717, 1.165) is 36.7 Å². The Morgan fingerprint density at radius 1 is 0.931 bits per heavy atom. The van der Waals surface area contributed by atoms with E-state index in [-0.39, 0.29) is 25.3 Å². The summed E-state index contributed by atoms with van der Waals surface area (Å²) in [6.45, 7) is 3.93. The number of anilines is 1. The van der Waals surface area contributed by atoms with E-state index >= 15 is 0 Å². The molecule has 0 unspecified atom stereocenters. The van der Waals surface area contributed by atoms with Gasteiger partial charge in [0.2, 0.25) is 12.7 Å². The van der Waals surface area contributed by atoms with Crippen molar-refractivity contribution in [2.45, 2.75) is 6.54 Å². The maximum atomic E-state index is 12.4. The van der Waals surface area contributed by atoms with Crippen molar-refractivity contribution in [3.05, 3.63) is 54.1 Å². The zero-order valence-corrected chi connectivity index (χ0v) is 16.1. The highest BCUT2D eigenvalue weighted by Gasteiger charge is 2.22. The number of hydrogen-bond acceptors (Lipinski definition) is 5. The van der Waals surface area contributed by atoms with Gasteiger partial charge in [0.05, 0.1) is 6.54 Å². The molecule has 0 bridgehead atoms. The van der Waals surface area contributed by atoms with Crippen LogP contribution < -0.4 is 20.1 Å². The minimum absolute atomic E-state index is 0.0131. The van der Waals surface area contributed by atoms with Crippen molar-refractivity contribution in [1.82, 2.24) is 15.1 Å². The van der Waals surface area contributed by atoms with Gasteiger partial charge in [-0.25, -0.2) is 4.79 Å². The monoisotopic (exact) mass is 396 g/mol. The van der Waals surface area contributed by atoms with Crippen molar-refractivity contribution >= 4 is 17.6 Å². The largest absolute Gasteiger partial charge is 0.454 e. The number of benzene rings is 2. The van der Waals surface area contributed by atoms with Crippen LogP contribution in [0.4, 0.5) is 10.5 Å². The molecule has 2 aromatic carbocycles. The van der Waals surface area contributed by atoms with Crippen LogP contribution >= 0.6 is 0 Å². The van der Waals surface area contributed by atoms with Crippen LogP contribution in [0.5, 0.6) is 11.5 Å². The van der Waals surface area contributed by atoms with E-state index in [1.54, 1.807) is 17.0 Å². The van der Waals surface area contributed by atoms with Gasteiger partial charge >= 0.3 is 6.03 Å². The molecule has 0 aromatic heterocycles. The second-order valence-corrected chi connectivity index (χ2v) is 7.02. The number of para-hydroxylation sites is 1. The topological polar surface area (TPSA) is 83.1 Å². The number of hydrogen-bond donors (Lipinski definition) is 2. The highest BCUT2D eigenvalue weighted by molar-refractivity contribution is 5.92. The first kappa shape index (κ1) is 19.1. The Labute approximate surface area is 169 Å². The Morgan fingerprint density at radius 2 is 1.69 bits per heavy atom. The number of amides is 3. The maximum Gasteiger partial charge on any atom is 0.319 e. The first-order valence-electron chi connectivity index (χ1n) is 9.66. The third kappa shape index (κ3) is 4.97. The third-order valence-corrected chi connectivity index (χ3v) is 5.00. The Kier molecular flexibility index (Phi) is 5.81. The fraction of sp³-hybridized carbons (Fsp3) is 0.333. The molecule has 152 valence electrons. The lowest BCUT2D eigenvalue weighted by Crippen LogP contribution is -2.51. The third-order valence-electron chi connectivity index (χ3n) is 5.00. The van der Waals surface area contributed by atoms with Crippen LogP contribution in [-0.4, -0.2) is 61.3 Å². The van der Waals surface area contributed by atoms with Gasteiger partial charge in [-0.1, -0.05) is 24.3 Å². The molecule has 2 aromatic rings. The standard InChI is InChI=1S/C21H24N4O4/c26-20(13-22-21(27)23-17-4-2-1-3-5-17)25-10-8-24(9-11-25)14-16-6-7-18-19(12-16)29-15-28-18/h1-7,12H,8-11,13-15H2,(H2,22,23,27). The number of urea groups is 1.